The molecule has 1 saturated carbocycles. The SMILES string of the molecule is Cc1c(F)c(C(C)N)c2[nH]ncc2c1-c1cn2cc(NC(=O)[C@@H]3C[C@@H]3F)nc2cn1. The molecule has 1 fully saturated rings. The molecular formula is C20H19F2N7O. The Bertz CT molecular complexity index is 1310. The van der Waals surface area contributed by atoms with Crippen LogP contribution in [0.3, 0.4) is 0 Å². The molecule has 0 spiro atoms. The lowest BCUT2D eigenvalue weighted by Gasteiger charge is -2.15. The number of nitrogens with one attached hydrogen (secondary N) is 2. The van der Waals surface area contributed by atoms with Crippen LogP contribution in [0.15, 0.2) is 24.8 Å². The number of hydrogen-bond donors (Lipinski definition) is 3. The van der Waals surface area contributed by atoms with Crippen molar-refractivity contribution >= 4 is 28.3 Å². The van der Waals surface area contributed by atoms with Crippen molar-refractivity contribution in [2.24, 2.45) is 11.7 Å². The number of alkyl halides is 1. The van der Waals surface area contributed by atoms with E-state index in [4.69, 9.17) is 5.73 Å². The molecule has 1 aliphatic rings. The number of anilines is 1. The van der Waals surface area contributed by atoms with Crippen LogP contribution in [0.25, 0.3) is 27.8 Å². The number of fused-ring (bicyclic) bond motifs is 2. The van der Waals surface area contributed by atoms with E-state index in [0.717, 1.165) is 0 Å². The Kier molecular flexibility index (Phi) is 4.07. The molecule has 0 bridgehead atoms. The Hall–Kier alpha value is -3.40. The number of H-pyrrole nitrogens is 1. The topological polar surface area (TPSA) is 114 Å². The number of carbonyl (C=O) groups excluding carboxylic acids is 1. The Morgan fingerprint density at radius 2 is 2.17 bits per heavy atom. The lowest BCUT2D eigenvalue weighted by Crippen LogP contribution is -2.15. The highest BCUT2D eigenvalue weighted by molar-refractivity contribution is 5.97. The number of aromatic nitrogens is 5. The van der Waals surface area contributed by atoms with Gasteiger partial charge in [0.15, 0.2) is 11.5 Å². The second-order valence-corrected chi connectivity index (χ2v) is 7.69. The molecule has 1 unspecified atom stereocenters. The fraction of sp³-hybridized carbons (Fsp3) is 0.300. The summed E-state index contributed by atoms with van der Waals surface area (Å²) in [4.78, 5) is 20.7. The quantitative estimate of drug-likeness (QED) is 0.478. The van der Waals surface area contributed by atoms with Crippen molar-refractivity contribution in [2.75, 3.05) is 5.32 Å². The van der Waals surface area contributed by atoms with Crippen molar-refractivity contribution < 1.29 is 13.6 Å². The molecule has 3 heterocycles. The minimum atomic E-state index is -1.08. The molecule has 8 nitrogen and oxygen atoms in total. The third-order valence-corrected chi connectivity index (χ3v) is 5.47. The summed E-state index contributed by atoms with van der Waals surface area (Å²) in [7, 11) is 0. The number of rotatable bonds is 4. The molecule has 0 saturated heterocycles. The number of nitrogens with zero attached hydrogens (tertiary/aromatic N) is 4. The van der Waals surface area contributed by atoms with Gasteiger partial charge in [-0.05, 0) is 25.8 Å². The summed E-state index contributed by atoms with van der Waals surface area (Å²) >= 11 is 0. The van der Waals surface area contributed by atoms with Gasteiger partial charge in [0.05, 0.1) is 35.7 Å². The molecule has 0 aliphatic heterocycles. The minimum absolute atomic E-state index is 0.244. The third kappa shape index (κ3) is 2.83. The van der Waals surface area contributed by atoms with Crippen LogP contribution in [0.2, 0.25) is 0 Å². The highest BCUT2D eigenvalue weighted by Crippen LogP contribution is 2.37. The van der Waals surface area contributed by atoms with E-state index in [1.807, 2.05) is 0 Å². The number of imidazole rings is 1. The van der Waals surface area contributed by atoms with E-state index in [9.17, 15) is 9.18 Å². The molecule has 4 aromatic rings. The molecule has 4 N–H and O–H groups in total. The second kappa shape index (κ2) is 6.56. The van der Waals surface area contributed by atoms with Gasteiger partial charge in [0.1, 0.15) is 12.0 Å². The lowest BCUT2D eigenvalue weighted by molar-refractivity contribution is -0.117. The van der Waals surface area contributed by atoms with Crippen molar-refractivity contribution in [3.8, 4) is 11.3 Å². The Labute approximate surface area is 169 Å². The van der Waals surface area contributed by atoms with Gasteiger partial charge in [-0.15, -0.1) is 0 Å². The van der Waals surface area contributed by atoms with E-state index in [1.54, 1.807) is 36.8 Å². The summed E-state index contributed by atoms with van der Waals surface area (Å²) in [5.74, 6) is -1.08. The van der Waals surface area contributed by atoms with Gasteiger partial charge < -0.3 is 15.5 Å². The summed E-state index contributed by atoms with van der Waals surface area (Å²) in [5, 5.41) is 10.2. The maximum atomic E-state index is 15.1. The van der Waals surface area contributed by atoms with Gasteiger partial charge in [0.25, 0.3) is 0 Å². The number of benzene rings is 1. The van der Waals surface area contributed by atoms with E-state index in [0.29, 0.717) is 44.8 Å². The maximum Gasteiger partial charge on any atom is 0.231 e. The number of aromatic amines is 1. The van der Waals surface area contributed by atoms with Gasteiger partial charge in [-0.25, -0.2) is 13.8 Å². The van der Waals surface area contributed by atoms with Crippen LogP contribution < -0.4 is 11.1 Å². The van der Waals surface area contributed by atoms with Crippen molar-refractivity contribution in [2.45, 2.75) is 32.5 Å². The number of amides is 1. The van der Waals surface area contributed by atoms with Crippen molar-refractivity contribution in [3.05, 3.63) is 41.7 Å². The zero-order chi connectivity index (χ0) is 21.2. The van der Waals surface area contributed by atoms with E-state index < -0.39 is 23.9 Å². The van der Waals surface area contributed by atoms with E-state index >= 15 is 4.39 Å². The first-order chi connectivity index (χ1) is 14.3. The summed E-state index contributed by atoms with van der Waals surface area (Å²) in [6.45, 7) is 3.40. The second-order valence-electron chi connectivity index (χ2n) is 7.69. The summed E-state index contributed by atoms with van der Waals surface area (Å²) in [6.07, 6.45) is 5.63. The number of halogens is 2. The molecule has 5 rings (SSSR count). The van der Waals surface area contributed by atoms with Crippen LogP contribution in [-0.4, -0.2) is 36.6 Å². The van der Waals surface area contributed by atoms with E-state index in [2.05, 4.69) is 25.5 Å². The smallest absolute Gasteiger partial charge is 0.231 e. The molecule has 3 atom stereocenters. The fourth-order valence-corrected chi connectivity index (χ4v) is 3.80. The average Bonchev–Trinajstić information content (AvgIpc) is 3.08. The molecule has 1 aliphatic carbocycles. The normalized spacial score (nSPS) is 19.4. The van der Waals surface area contributed by atoms with Crippen LogP contribution >= 0.6 is 0 Å². The number of hydrogen-bond acceptors (Lipinski definition) is 5. The molecule has 1 amide bonds. The largest absolute Gasteiger partial charge is 0.324 e. The molecular weight excluding hydrogens is 392 g/mol. The van der Waals surface area contributed by atoms with Crippen molar-refractivity contribution in [3.63, 3.8) is 0 Å². The zero-order valence-corrected chi connectivity index (χ0v) is 16.3. The van der Waals surface area contributed by atoms with E-state index in [-0.39, 0.29) is 12.3 Å². The molecule has 1 aromatic carbocycles. The Morgan fingerprint density at radius 3 is 2.87 bits per heavy atom. The lowest BCUT2D eigenvalue weighted by atomic mass is 9.94. The molecule has 154 valence electrons. The van der Waals surface area contributed by atoms with Gasteiger partial charge in [0, 0.05) is 28.8 Å². The predicted octanol–water partition coefficient (Wildman–Crippen LogP) is 3.04. The van der Waals surface area contributed by atoms with Crippen LogP contribution in [0.1, 0.15) is 30.5 Å². The summed E-state index contributed by atoms with van der Waals surface area (Å²) in [6, 6.07) is -0.508. The van der Waals surface area contributed by atoms with E-state index in [1.165, 1.54) is 6.20 Å². The maximum absolute atomic E-state index is 15.1. The number of carbonyl (C=O) groups is 1. The Morgan fingerprint density at radius 1 is 1.40 bits per heavy atom. The third-order valence-electron chi connectivity index (χ3n) is 5.47. The molecule has 10 heteroatoms. The first-order valence-corrected chi connectivity index (χ1v) is 9.55. The predicted molar refractivity (Wildman–Crippen MR) is 107 cm³/mol. The van der Waals surface area contributed by atoms with Crippen LogP contribution in [0.5, 0.6) is 0 Å². The van der Waals surface area contributed by atoms with Crippen LogP contribution in [0.4, 0.5) is 14.6 Å². The van der Waals surface area contributed by atoms with Crippen molar-refractivity contribution in [1.29, 1.82) is 0 Å². The summed E-state index contributed by atoms with van der Waals surface area (Å²) < 4.78 is 29.9. The van der Waals surface area contributed by atoms with Gasteiger partial charge in [-0.2, -0.15) is 5.10 Å². The molecule has 3 aromatic heterocycles. The molecule has 0 radical (unpaired) electrons. The highest BCUT2D eigenvalue weighted by atomic mass is 19.1. The van der Waals surface area contributed by atoms with Crippen LogP contribution in [-0.2, 0) is 4.79 Å². The molecule has 30 heavy (non-hydrogen) atoms. The number of nitrogens with two attached hydrogens (primary N) is 1. The van der Waals surface area contributed by atoms with Gasteiger partial charge in [-0.3, -0.25) is 14.9 Å². The van der Waals surface area contributed by atoms with Crippen LogP contribution in [0, 0.1) is 18.7 Å². The van der Waals surface area contributed by atoms with Gasteiger partial charge in [-0.1, -0.05) is 0 Å². The zero-order valence-electron chi connectivity index (χ0n) is 16.3. The minimum Gasteiger partial charge on any atom is -0.324 e. The first-order valence-electron chi connectivity index (χ1n) is 9.55. The highest BCUT2D eigenvalue weighted by Gasteiger charge is 2.43. The van der Waals surface area contributed by atoms with Crippen molar-refractivity contribution in [1.82, 2.24) is 24.6 Å². The van der Waals surface area contributed by atoms with Gasteiger partial charge >= 0.3 is 0 Å². The standard InChI is InChI=1S/C20H19F2N7O/c1-8-16(11-4-25-28-19(11)17(9(2)23)18(8)22)13-6-29-7-14(26-15(29)5-24-13)27-20(30)10-3-12(10)21/h4-7,9-10,12H,3,23H2,1-2H3,(H,25,28)(H,27,30)/t9?,10-,12+/m1/s1. The van der Waals surface area contributed by atoms with Gasteiger partial charge in [0.2, 0.25) is 5.91 Å². The Balaban J connectivity index is 1.59. The summed E-state index contributed by atoms with van der Waals surface area (Å²) in [5.41, 5.74) is 8.91. The first kappa shape index (κ1) is 18.6. The monoisotopic (exact) mass is 411 g/mol. The average molecular weight is 411 g/mol. The fourth-order valence-electron chi connectivity index (χ4n) is 3.80.